The lowest BCUT2D eigenvalue weighted by atomic mass is 9.87. The number of rotatable bonds is 11. The largest absolute Gasteiger partial charge is 0.343 e. The van der Waals surface area contributed by atoms with Crippen LogP contribution < -0.4 is 5.32 Å². The normalized spacial score (nSPS) is 20.6. The fourth-order valence-electron chi connectivity index (χ4n) is 5.72. The lowest BCUT2D eigenvalue weighted by Crippen LogP contribution is -2.52. The zero-order valence-electron chi connectivity index (χ0n) is 21.1. The Hall–Kier alpha value is -2.22. The van der Waals surface area contributed by atoms with E-state index in [2.05, 4.69) is 27.3 Å². The number of amides is 4. The van der Waals surface area contributed by atoms with Gasteiger partial charge >= 0.3 is 0 Å². The van der Waals surface area contributed by atoms with Crippen LogP contribution in [0.2, 0.25) is 0 Å². The third kappa shape index (κ3) is 6.55. The topological polar surface area (TPSA) is 86.8 Å². The molecule has 3 heterocycles. The first kappa shape index (κ1) is 26.8. The molecule has 3 aliphatic rings. The highest BCUT2D eigenvalue weighted by Crippen LogP contribution is 2.33. The number of piperidine rings is 2. The van der Waals surface area contributed by atoms with Crippen LogP contribution >= 0.6 is 15.9 Å². The van der Waals surface area contributed by atoms with E-state index in [1.54, 1.807) is 4.90 Å². The summed E-state index contributed by atoms with van der Waals surface area (Å²) in [5, 5.41) is 3.44. The molecule has 196 valence electrons. The van der Waals surface area contributed by atoms with Crippen LogP contribution in [0, 0.1) is 0 Å². The Kier molecular flexibility index (Phi) is 9.57. The summed E-state index contributed by atoms with van der Waals surface area (Å²) in [4.78, 5) is 53.0. The van der Waals surface area contributed by atoms with Gasteiger partial charge in [0.05, 0.1) is 0 Å². The van der Waals surface area contributed by atoms with E-state index in [-0.39, 0.29) is 30.0 Å². The third-order valence-corrected chi connectivity index (χ3v) is 8.45. The van der Waals surface area contributed by atoms with Gasteiger partial charge in [-0.25, -0.2) is 0 Å². The van der Waals surface area contributed by atoms with Crippen molar-refractivity contribution >= 4 is 39.6 Å². The summed E-state index contributed by atoms with van der Waals surface area (Å²) in [5.41, 5.74) is 2.81. The van der Waals surface area contributed by atoms with E-state index in [1.165, 1.54) is 37.7 Å². The molecule has 4 amide bonds. The summed E-state index contributed by atoms with van der Waals surface area (Å²) in [6, 6.07) is 5.44. The highest BCUT2D eigenvalue weighted by Gasteiger charge is 2.39. The molecule has 0 aromatic heterocycles. The van der Waals surface area contributed by atoms with Gasteiger partial charge in [0.1, 0.15) is 6.04 Å². The van der Waals surface area contributed by atoms with Crippen molar-refractivity contribution in [3.05, 3.63) is 34.9 Å². The minimum Gasteiger partial charge on any atom is -0.343 e. The van der Waals surface area contributed by atoms with E-state index < -0.39 is 6.04 Å². The number of fused-ring (bicyclic) bond motifs is 1. The number of nitrogens with zero attached hydrogens (tertiary/aromatic N) is 2. The van der Waals surface area contributed by atoms with Crippen LogP contribution in [0.5, 0.6) is 0 Å². The van der Waals surface area contributed by atoms with Crippen molar-refractivity contribution in [2.24, 2.45) is 0 Å². The number of alkyl halides is 1. The van der Waals surface area contributed by atoms with Gasteiger partial charge in [-0.3, -0.25) is 24.5 Å². The maximum Gasteiger partial charge on any atom is 0.255 e. The van der Waals surface area contributed by atoms with Gasteiger partial charge in [-0.15, -0.1) is 0 Å². The zero-order valence-corrected chi connectivity index (χ0v) is 22.7. The van der Waals surface area contributed by atoms with Crippen LogP contribution in [0.15, 0.2) is 18.2 Å². The van der Waals surface area contributed by atoms with Gasteiger partial charge in [-0.1, -0.05) is 60.2 Å². The van der Waals surface area contributed by atoms with Crippen molar-refractivity contribution in [1.82, 2.24) is 15.1 Å². The molecule has 0 aliphatic carbocycles. The number of halogens is 1. The Labute approximate surface area is 222 Å². The molecule has 36 heavy (non-hydrogen) atoms. The fraction of sp³-hybridized carbons (Fsp3) is 0.643. The van der Waals surface area contributed by atoms with Crippen LogP contribution in [0.3, 0.4) is 0 Å². The van der Waals surface area contributed by atoms with Crippen molar-refractivity contribution in [3.8, 4) is 0 Å². The summed E-state index contributed by atoms with van der Waals surface area (Å²) < 4.78 is 0. The molecule has 1 atom stereocenters. The van der Waals surface area contributed by atoms with Crippen LogP contribution in [-0.4, -0.2) is 57.9 Å². The predicted molar refractivity (Wildman–Crippen MR) is 142 cm³/mol. The number of carbonyl (C=O) groups excluding carboxylic acids is 4. The molecule has 2 fully saturated rings. The third-order valence-electron chi connectivity index (χ3n) is 7.89. The molecule has 0 spiro atoms. The van der Waals surface area contributed by atoms with Gasteiger partial charge in [-0.2, -0.15) is 0 Å². The fourth-order valence-corrected chi connectivity index (χ4v) is 6.12. The maximum atomic E-state index is 12.9. The molecular weight excluding hydrogens is 522 g/mol. The van der Waals surface area contributed by atoms with Crippen molar-refractivity contribution in [1.29, 1.82) is 0 Å². The number of carbonyl (C=O) groups is 4. The van der Waals surface area contributed by atoms with Crippen molar-refractivity contribution in [2.45, 2.75) is 95.6 Å². The standard InChI is InChI=1S/C28H38BrN3O4/c29-15-7-5-3-1-2-4-6-8-26(34)31-16-13-20(14-17-31)21-9-10-23-22(18-21)19-32(28(23)36)24-11-12-25(33)30-27(24)35/h9-10,18,20,24H,1-8,11-17,19H2,(H,30,33,35). The van der Waals surface area contributed by atoms with E-state index in [9.17, 15) is 19.2 Å². The first-order valence-electron chi connectivity index (χ1n) is 13.6. The molecule has 1 aromatic rings. The number of imide groups is 1. The molecule has 0 saturated carbocycles. The summed E-state index contributed by atoms with van der Waals surface area (Å²) in [5.74, 6) is -0.130. The van der Waals surface area contributed by atoms with Crippen LogP contribution in [0.1, 0.15) is 104 Å². The second-order valence-electron chi connectivity index (χ2n) is 10.4. The monoisotopic (exact) mass is 559 g/mol. The zero-order chi connectivity index (χ0) is 25.5. The Morgan fingerprint density at radius 1 is 0.944 bits per heavy atom. The summed E-state index contributed by atoms with van der Waals surface area (Å²) in [6.45, 7) is 1.98. The lowest BCUT2D eigenvalue weighted by Gasteiger charge is -2.32. The molecule has 0 bridgehead atoms. The predicted octanol–water partition coefficient (Wildman–Crippen LogP) is 4.67. The first-order chi connectivity index (χ1) is 17.5. The van der Waals surface area contributed by atoms with Crippen LogP contribution in [0.4, 0.5) is 0 Å². The van der Waals surface area contributed by atoms with Gasteiger partial charge < -0.3 is 9.80 Å². The van der Waals surface area contributed by atoms with E-state index in [1.807, 2.05) is 17.0 Å². The van der Waals surface area contributed by atoms with E-state index >= 15 is 0 Å². The minimum absolute atomic E-state index is 0.134. The molecule has 1 unspecified atom stereocenters. The highest BCUT2D eigenvalue weighted by atomic mass is 79.9. The van der Waals surface area contributed by atoms with Crippen LogP contribution in [0.25, 0.3) is 0 Å². The smallest absolute Gasteiger partial charge is 0.255 e. The number of hydrogen-bond donors (Lipinski definition) is 1. The van der Waals surface area contributed by atoms with Crippen molar-refractivity contribution < 1.29 is 19.2 Å². The van der Waals surface area contributed by atoms with Crippen molar-refractivity contribution in [3.63, 3.8) is 0 Å². The average molecular weight is 561 g/mol. The van der Waals surface area contributed by atoms with E-state index in [0.717, 1.165) is 49.7 Å². The molecule has 0 radical (unpaired) electrons. The average Bonchev–Trinajstić information content (AvgIpc) is 3.21. The Morgan fingerprint density at radius 3 is 2.33 bits per heavy atom. The number of likely N-dealkylation sites (tertiary alicyclic amines) is 1. The van der Waals surface area contributed by atoms with Crippen LogP contribution in [-0.2, 0) is 20.9 Å². The summed E-state index contributed by atoms with van der Waals surface area (Å²) in [6.07, 6.45) is 11.6. The SMILES string of the molecule is O=C1CCC(N2Cc3cc(C4CCN(C(=O)CCCCCCCCCBr)CC4)ccc3C2=O)C(=O)N1. The van der Waals surface area contributed by atoms with Gasteiger partial charge in [0, 0.05) is 43.4 Å². The maximum absolute atomic E-state index is 12.9. The molecule has 7 nitrogen and oxygen atoms in total. The van der Waals surface area contributed by atoms with Gasteiger partial charge in [0.15, 0.2) is 0 Å². The Balaban J connectivity index is 1.22. The number of benzene rings is 1. The second kappa shape index (κ2) is 12.8. The molecule has 1 N–H and O–H groups in total. The van der Waals surface area contributed by atoms with Gasteiger partial charge in [-0.05, 0) is 55.2 Å². The first-order valence-corrected chi connectivity index (χ1v) is 14.7. The second-order valence-corrected chi connectivity index (χ2v) is 11.2. The van der Waals surface area contributed by atoms with E-state index in [4.69, 9.17) is 0 Å². The quantitative estimate of drug-likeness (QED) is 0.242. The number of unbranched alkanes of at least 4 members (excludes halogenated alkanes) is 6. The van der Waals surface area contributed by atoms with Crippen molar-refractivity contribution in [2.75, 3.05) is 18.4 Å². The molecule has 8 heteroatoms. The number of hydrogen-bond acceptors (Lipinski definition) is 4. The number of nitrogens with one attached hydrogen (secondary N) is 1. The van der Waals surface area contributed by atoms with Gasteiger partial charge in [0.2, 0.25) is 17.7 Å². The summed E-state index contributed by atoms with van der Waals surface area (Å²) >= 11 is 3.47. The lowest BCUT2D eigenvalue weighted by molar-refractivity contribution is -0.137. The molecule has 3 aliphatic heterocycles. The minimum atomic E-state index is -0.584. The van der Waals surface area contributed by atoms with E-state index in [0.29, 0.717) is 30.9 Å². The van der Waals surface area contributed by atoms with Gasteiger partial charge in [0.25, 0.3) is 5.91 Å². The highest BCUT2D eigenvalue weighted by molar-refractivity contribution is 9.09. The summed E-state index contributed by atoms with van der Waals surface area (Å²) in [7, 11) is 0. The Bertz CT molecular complexity index is 974. The molecule has 4 rings (SSSR count). The molecule has 1 aromatic carbocycles. The molecule has 2 saturated heterocycles. The Morgan fingerprint density at radius 2 is 1.64 bits per heavy atom. The molecular formula is C28H38BrN3O4.